The molecule has 1 saturated carbocycles. The van der Waals surface area contributed by atoms with Crippen molar-refractivity contribution in [3.63, 3.8) is 0 Å². The number of aromatic nitrogens is 1. The van der Waals surface area contributed by atoms with Crippen LogP contribution in [0.3, 0.4) is 0 Å². The molecule has 0 radical (unpaired) electrons. The van der Waals surface area contributed by atoms with Crippen molar-refractivity contribution < 1.29 is 18.4 Å². The van der Waals surface area contributed by atoms with E-state index in [1.54, 1.807) is 4.90 Å². The number of carbonyl (C=O) groups excluding carboxylic acids is 2. The van der Waals surface area contributed by atoms with E-state index in [9.17, 15) is 18.4 Å². The van der Waals surface area contributed by atoms with Crippen LogP contribution in [0.5, 0.6) is 0 Å². The van der Waals surface area contributed by atoms with Crippen LogP contribution >= 0.6 is 0 Å². The van der Waals surface area contributed by atoms with Gasteiger partial charge in [-0.15, -0.1) is 0 Å². The summed E-state index contributed by atoms with van der Waals surface area (Å²) in [6, 6.07) is 13.4. The minimum atomic E-state index is -0.680. The summed E-state index contributed by atoms with van der Waals surface area (Å²) in [5.41, 5.74) is 7.17. The number of rotatable bonds is 6. The molecule has 0 spiro atoms. The summed E-state index contributed by atoms with van der Waals surface area (Å²) in [5, 5.41) is 4.74. The molecular formula is C30H36F2N4O2. The second-order valence-corrected chi connectivity index (χ2v) is 10.1. The van der Waals surface area contributed by atoms with Gasteiger partial charge in [0, 0.05) is 43.0 Å². The van der Waals surface area contributed by atoms with Crippen LogP contribution in [0.15, 0.2) is 60.8 Å². The van der Waals surface area contributed by atoms with E-state index in [0.717, 1.165) is 18.9 Å². The number of aromatic amines is 1. The Morgan fingerprint density at radius 1 is 0.974 bits per heavy atom. The molecule has 1 saturated heterocycles. The van der Waals surface area contributed by atoms with E-state index in [0.29, 0.717) is 37.5 Å². The number of hydrogen-bond donors (Lipinski definition) is 3. The van der Waals surface area contributed by atoms with Gasteiger partial charge in [-0.2, -0.15) is 0 Å². The summed E-state index contributed by atoms with van der Waals surface area (Å²) in [5.74, 6) is -1.78. The van der Waals surface area contributed by atoms with Gasteiger partial charge in [0.25, 0.3) is 0 Å². The zero-order valence-electron chi connectivity index (χ0n) is 21.5. The zero-order valence-corrected chi connectivity index (χ0v) is 21.5. The lowest BCUT2D eigenvalue weighted by Crippen LogP contribution is -2.53. The third kappa shape index (κ3) is 7.74. The largest absolute Gasteiger partial charge is 0.368 e. The Morgan fingerprint density at radius 3 is 2.32 bits per heavy atom. The van der Waals surface area contributed by atoms with Crippen LogP contribution < -0.4 is 11.1 Å². The molecule has 202 valence electrons. The van der Waals surface area contributed by atoms with E-state index >= 15 is 0 Å². The molecular weight excluding hydrogens is 486 g/mol. The Bertz CT molecular complexity index is 1190. The van der Waals surface area contributed by atoms with Gasteiger partial charge in [0.1, 0.15) is 11.6 Å². The van der Waals surface area contributed by atoms with Crippen LogP contribution in [0.1, 0.15) is 50.5 Å². The van der Waals surface area contributed by atoms with Crippen molar-refractivity contribution >= 4 is 28.8 Å². The van der Waals surface area contributed by atoms with Gasteiger partial charge in [-0.1, -0.05) is 37.5 Å². The Labute approximate surface area is 222 Å². The molecule has 2 fully saturated rings. The molecule has 38 heavy (non-hydrogen) atoms. The van der Waals surface area contributed by atoms with Crippen molar-refractivity contribution in [2.24, 2.45) is 11.7 Å². The molecule has 8 heteroatoms. The maximum absolute atomic E-state index is 13.2. The number of likely N-dealkylation sites (tertiary alicyclic amines) is 1. The van der Waals surface area contributed by atoms with Crippen molar-refractivity contribution in [1.82, 2.24) is 15.2 Å². The number of hydrogen-bond acceptors (Lipinski definition) is 3. The van der Waals surface area contributed by atoms with Gasteiger partial charge in [0.15, 0.2) is 0 Å². The van der Waals surface area contributed by atoms with Gasteiger partial charge in [0.05, 0.1) is 6.04 Å². The normalized spacial score (nSPS) is 17.8. The predicted octanol–water partition coefficient (Wildman–Crippen LogP) is 5.16. The number of halogens is 2. The van der Waals surface area contributed by atoms with Crippen molar-refractivity contribution in [2.75, 3.05) is 13.1 Å². The number of piperidine rings is 1. The average Bonchev–Trinajstić information content (AvgIpc) is 3.40. The number of amides is 2. The van der Waals surface area contributed by atoms with E-state index in [2.05, 4.69) is 28.5 Å². The fourth-order valence-electron chi connectivity index (χ4n) is 5.37. The van der Waals surface area contributed by atoms with Gasteiger partial charge in [0.2, 0.25) is 11.8 Å². The van der Waals surface area contributed by atoms with Gasteiger partial charge < -0.3 is 20.9 Å². The number of fused-ring (bicyclic) bond motifs is 1. The lowest BCUT2D eigenvalue weighted by atomic mass is 9.86. The first kappa shape index (κ1) is 27.5. The van der Waals surface area contributed by atoms with E-state index in [1.807, 2.05) is 18.3 Å². The highest BCUT2D eigenvalue weighted by atomic mass is 19.1. The molecule has 1 aromatic heterocycles. The van der Waals surface area contributed by atoms with E-state index in [1.165, 1.54) is 54.5 Å². The van der Waals surface area contributed by atoms with E-state index < -0.39 is 11.6 Å². The molecule has 6 nitrogen and oxygen atoms in total. The number of nitrogens with zero attached hydrogens (tertiary/aromatic N) is 1. The summed E-state index contributed by atoms with van der Waals surface area (Å²) in [6.07, 6.45) is 11.8. The summed E-state index contributed by atoms with van der Waals surface area (Å²) in [6.45, 7) is 1.06. The predicted molar refractivity (Wildman–Crippen MR) is 146 cm³/mol. The quantitative estimate of drug-likeness (QED) is 0.391. The van der Waals surface area contributed by atoms with Crippen molar-refractivity contribution in [2.45, 2.75) is 57.0 Å². The molecule has 2 aromatic carbocycles. The molecule has 1 unspecified atom stereocenters. The molecule has 1 atom stereocenters. The number of nitrogens with two attached hydrogens (primary N) is 1. The van der Waals surface area contributed by atoms with Crippen molar-refractivity contribution in [1.29, 1.82) is 0 Å². The number of H-pyrrole nitrogens is 1. The maximum Gasteiger partial charge on any atom is 0.246 e. The molecule has 1 aliphatic heterocycles. The highest BCUT2D eigenvalue weighted by molar-refractivity contribution is 5.91. The fourth-order valence-corrected chi connectivity index (χ4v) is 5.37. The second kappa shape index (κ2) is 13.3. The van der Waals surface area contributed by atoms with Crippen LogP contribution in [0, 0.1) is 17.6 Å². The molecule has 5 rings (SSSR count). The molecule has 2 heterocycles. The third-order valence-electron chi connectivity index (χ3n) is 7.42. The highest BCUT2D eigenvalue weighted by Crippen LogP contribution is 2.24. The molecule has 2 aliphatic rings. The molecule has 3 aromatic rings. The number of para-hydroxylation sites is 1. The summed E-state index contributed by atoms with van der Waals surface area (Å²) in [7, 11) is 0. The molecule has 1 aliphatic carbocycles. The molecule has 4 N–H and O–H groups in total. The Hall–Kier alpha value is -3.52. The van der Waals surface area contributed by atoms with Crippen LogP contribution in [-0.4, -0.2) is 46.9 Å². The van der Waals surface area contributed by atoms with Crippen molar-refractivity contribution in [3.05, 3.63) is 78.0 Å². The Balaban J connectivity index is 0.000000311. The fraction of sp³-hybridized carbons (Fsp3) is 0.400. The zero-order chi connectivity index (χ0) is 26.9. The second-order valence-electron chi connectivity index (χ2n) is 10.1. The summed E-state index contributed by atoms with van der Waals surface area (Å²) < 4.78 is 26.5. The van der Waals surface area contributed by atoms with E-state index in [-0.39, 0.29) is 23.8 Å². The standard InChI is InChI=1S/C22H29F2N3O2.C8H7N/c23-17-12-15(13-18(24)14-17)6-7-20(28)27-10-8-16(9-11-27)21(22(25)29)26-19-4-2-1-3-5-19;1-2-4-8-7(3-1)5-6-9-8/h6-7,12-14,16,19,21,26H,1-5,8-11H2,(H2,25,29);1-6,9H/b7-6+;. The first-order valence-electron chi connectivity index (χ1n) is 13.4. The van der Waals surface area contributed by atoms with Crippen LogP contribution in [0.25, 0.3) is 17.0 Å². The summed E-state index contributed by atoms with van der Waals surface area (Å²) >= 11 is 0. The number of primary amides is 1. The molecule has 0 bridgehead atoms. The first-order valence-corrected chi connectivity index (χ1v) is 13.4. The van der Waals surface area contributed by atoms with Crippen LogP contribution in [0.4, 0.5) is 8.78 Å². The van der Waals surface area contributed by atoms with Gasteiger partial charge >= 0.3 is 0 Å². The third-order valence-corrected chi connectivity index (χ3v) is 7.42. The number of carbonyl (C=O) groups is 2. The van der Waals surface area contributed by atoms with E-state index in [4.69, 9.17) is 5.73 Å². The lowest BCUT2D eigenvalue weighted by molar-refractivity contribution is -0.128. The van der Waals surface area contributed by atoms with Crippen LogP contribution in [-0.2, 0) is 9.59 Å². The van der Waals surface area contributed by atoms with Crippen molar-refractivity contribution in [3.8, 4) is 0 Å². The minimum Gasteiger partial charge on any atom is -0.368 e. The lowest BCUT2D eigenvalue weighted by Gasteiger charge is -2.37. The Morgan fingerprint density at radius 2 is 1.66 bits per heavy atom. The minimum absolute atomic E-state index is 0.111. The average molecular weight is 523 g/mol. The first-order chi connectivity index (χ1) is 18.4. The van der Waals surface area contributed by atoms with Crippen LogP contribution in [0.2, 0.25) is 0 Å². The molecule has 2 amide bonds. The number of nitrogens with one attached hydrogen (secondary N) is 2. The number of benzene rings is 2. The van der Waals surface area contributed by atoms with Gasteiger partial charge in [-0.3, -0.25) is 9.59 Å². The summed E-state index contributed by atoms with van der Waals surface area (Å²) in [4.78, 5) is 29.2. The van der Waals surface area contributed by atoms with Gasteiger partial charge in [-0.05, 0) is 72.9 Å². The maximum atomic E-state index is 13.2. The smallest absolute Gasteiger partial charge is 0.246 e. The highest BCUT2D eigenvalue weighted by Gasteiger charge is 2.32. The Kier molecular flexibility index (Phi) is 9.65. The SMILES string of the molecule is NC(=O)C(NC1CCCCC1)C1CCN(C(=O)/C=C/c2cc(F)cc(F)c2)CC1.c1ccc2[nH]ccc2c1. The monoisotopic (exact) mass is 522 g/mol. The van der Waals surface area contributed by atoms with Gasteiger partial charge in [-0.25, -0.2) is 8.78 Å². The topological polar surface area (TPSA) is 91.2 Å².